The van der Waals surface area contributed by atoms with Crippen LogP contribution in [0.2, 0.25) is 0 Å². The average molecular weight is 349 g/mol. The van der Waals surface area contributed by atoms with E-state index < -0.39 is 0 Å². The standard InChI is InChI=1S/C19H31N3O3/c1-6-25-11-7-10-20-19(24)16-13-15(8-9-17(16)22(4)5)21-18(23)12-14(2)3/h8-9,13-14H,6-7,10-12H2,1-5H3,(H,20,24)(H,21,23). The quantitative estimate of drug-likeness (QED) is 0.637. The minimum atomic E-state index is -0.153. The Morgan fingerprint density at radius 3 is 2.56 bits per heavy atom. The molecule has 0 fully saturated rings. The minimum absolute atomic E-state index is 0.0457. The average Bonchev–Trinajstić information content (AvgIpc) is 2.53. The Labute approximate surface area is 150 Å². The van der Waals surface area contributed by atoms with E-state index >= 15 is 0 Å². The van der Waals surface area contributed by atoms with Crippen LogP contribution in [0.4, 0.5) is 11.4 Å². The van der Waals surface area contributed by atoms with Crippen molar-refractivity contribution >= 4 is 23.2 Å². The lowest BCUT2D eigenvalue weighted by atomic mass is 10.1. The molecule has 0 atom stereocenters. The van der Waals surface area contributed by atoms with Crippen molar-refractivity contribution in [2.45, 2.75) is 33.6 Å². The van der Waals surface area contributed by atoms with Crippen LogP contribution in [0.5, 0.6) is 0 Å². The zero-order valence-corrected chi connectivity index (χ0v) is 16.0. The number of carbonyl (C=O) groups excluding carboxylic acids is 2. The monoisotopic (exact) mass is 349 g/mol. The van der Waals surface area contributed by atoms with Gasteiger partial charge in [-0.2, -0.15) is 0 Å². The number of anilines is 2. The van der Waals surface area contributed by atoms with E-state index in [9.17, 15) is 9.59 Å². The van der Waals surface area contributed by atoms with E-state index in [2.05, 4.69) is 10.6 Å². The summed E-state index contributed by atoms with van der Waals surface area (Å²) in [7, 11) is 3.77. The maximum absolute atomic E-state index is 12.5. The molecule has 1 aromatic carbocycles. The molecule has 1 rings (SSSR count). The normalized spacial score (nSPS) is 10.6. The van der Waals surface area contributed by atoms with E-state index in [1.54, 1.807) is 6.07 Å². The number of hydrogen-bond donors (Lipinski definition) is 2. The van der Waals surface area contributed by atoms with Gasteiger partial charge in [-0.3, -0.25) is 9.59 Å². The van der Waals surface area contributed by atoms with Crippen molar-refractivity contribution in [1.29, 1.82) is 0 Å². The molecule has 0 spiro atoms. The summed E-state index contributed by atoms with van der Waals surface area (Å²) >= 11 is 0. The predicted molar refractivity (Wildman–Crippen MR) is 102 cm³/mol. The molecule has 0 bridgehead atoms. The number of benzene rings is 1. The summed E-state index contributed by atoms with van der Waals surface area (Å²) in [6.07, 6.45) is 1.22. The third-order valence-corrected chi connectivity index (χ3v) is 3.56. The summed E-state index contributed by atoms with van der Waals surface area (Å²) in [5, 5.41) is 5.77. The highest BCUT2D eigenvalue weighted by molar-refractivity contribution is 6.02. The second kappa shape index (κ2) is 10.7. The molecule has 0 saturated heterocycles. The van der Waals surface area contributed by atoms with Gasteiger partial charge in [0.05, 0.1) is 5.56 Å². The SMILES string of the molecule is CCOCCCNC(=O)c1cc(NC(=O)CC(C)C)ccc1N(C)C. The lowest BCUT2D eigenvalue weighted by molar-refractivity contribution is -0.116. The summed E-state index contributed by atoms with van der Waals surface area (Å²) in [4.78, 5) is 26.4. The van der Waals surface area contributed by atoms with Crippen LogP contribution >= 0.6 is 0 Å². The summed E-state index contributed by atoms with van der Waals surface area (Å²) < 4.78 is 5.27. The van der Waals surface area contributed by atoms with Crippen LogP contribution in [0.15, 0.2) is 18.2 Å². The first-order chi connectivity index (χ1) is 11.8. The van der Waals surface area contributed by atoms with Crippen molar-refractivity contribution < 1.29 is 14.3 Å². The van der Waals surface area contributed by atoms with Crippen LogP contribution in [0, 0.1) is 5.92 Å². The first-order valence-electron chi connectivity index (χ1n) is 8.82. The Morgan fingerprint density at radius 2 is 1.96 bits per heavy atom. The first kappa shape index (κ1) is 21.0. The summed E-state index contributed by atoms with van der Waals surface area (Å²) in [5.41, 5.74) is 1.99. The van der Waals surface area contributed by atoms with E-state index in [1.807, 2.05) is 51.9 Å². The Bertz CT molecular complexity index is 571. The van der Waals surface area contributed by atoms with E-state index in [1.165, 1.54) is 0 Å². The lowest BCUT2D eigenvalue weighted by Gasteiger charge is -2.18. The molecular weight excluding hydrogens is 318 g/mol. The van der Waals surface area contributed by atoms with E-state index in [0.29, 0.717) is 37.4 Å². The number of rotatable bonds is 10. The number of nitrogens with zero attached hydrogens (tertiary/aromatic N) is 1. The molecule has 0 heterocycles. The highest BCUT2D eigenvalue weighted by Gasteiger charge is 2.15. The van der Waals surface area contributed by atoms with Gasteiger partial charge in [-0.15, -0.1) is 0 Å². The molecule has 25 heavy (non-hydrogen) atoms. The van der Waals surface area contributed by atoms with E-state index in [4.69, 9.17) is 4.74 Å². The van der Waals surface area contributed by atoms with E-state index in [0.717, 1.165) is 12.1 Å². The number of carbonyl (C=O) groups is 2. The zero-order chi connectivity index (χ0) is 18.8. The fourth-order valence-electron chi connectivity index (χ4n) is 2.38. The minimum Gasteiger partial charge on any atom is -0.382 e. The topological polar surface area (TPSA) is 70.7 Å². The van der Waals surface area contributed by atoms with Crippen LogP contribution in [0.25, 0.3) is 0 Å². The van der Waals surface area contributed by atoms with Gasteiger partial charge in [0.2, 0.25) is 5.91 Å². The number of nitrogens with one attached hydrogen (secondary N) is 2. The van der Waals surface area contributed by atoms with Crippen LogP contribution in [0.1, 0.15) is 44.0 Å². The lowest BCUT2D eigenvalue weighted by Crippen LogP contribution is -2.27. The third kappa shape index (κ3) is 7.56. The van der Waals surface area contributed by atoms with Crippen LogP contribution < -0.4 is 15.5 Å². The Balaban J connectivity index is 2.81. The van der Waals surface area contributed by atoms with Crippen molar-refractivity contribution in [2.75, 3.05) is 44.1 Å². The number of amides is 2. The fourth-order valence-corrected chi connectivity index (χ4v) is 2.38. The smallest absolute Gasteiger partial charge is 0.253 e. The highest BCUT2D eigenvalue weighted by Crippen LogP contribution is 2.23. The van der Waals surface area contributed by atoms with Gasteiger partial charge in [-0.1, -0.05) is 13.8 Å². The van der Waals surface area contributed by atoms with Crippen molar-refractivity contribution in [3.63, 3.8) is 0 Å². The van der Waals surface area contributed by atoms with Crippen LogP contribution in [-0.2, 0) is 9.53 Å². The fraction of sp³-hybridized carbons (Fsp3) is 0.579. The maximum atomic E-state index is 12.5. The molecule has 6 heteroatoms. The predicted octanol–water partition coefficient (Wildman–Crippen LogP) is 2.89. The van der Waals surface area contributed by atoms with E-state index in [-0.39, 0.29) is 17.7 Å². The molecule has 0 aliphatic rings. The molecular formula is C19H31N3O3. The van der Waals surface area contributed by atoms with Gasteiger partial charge in [0, 0.05) is 51.6 Å². The molecule has 1 aromatic rings. The van der Waals surface area contributed by atoms with Gasteiger partial charge in [-0.25, -0.2) is 0 Å². The molecule has 0 aliphatic heterocycles. The van der Waals surface area contributed by atoms with Crippen molar-refractivity contribution in [1.82, 2.24) is 5.32 Å². The molecule has 0 aliphatic carbocycles. The summed E-state index contributed by atoms with van der Waals surface area (Å²) in [6.45, 7) is 7.79. The molecule has 2 amide bonds. The molecule has 0 saturated carbocycles. The molecule has 0 radical (unpaired) electrons. The summed E-state index contributed by atoms with van der Waals surface area (Å²) in [6, 6.07) is 5.39. The van der Waals surface area contributed by atoms with Gasteiger partial charge in [0.1, 0.15) is 0 Å². The van der Waals surface area contributed by atoms with Crippen molar-refractivity contribution in [3.05, 3.63) is 23.8 Å². The second-order valence-corrected chi connectivity index (χ2v) is 6.58. The number of ether oxygens (including phenoxy) is 1. The first-order valence-corrected chi connectivity index (χ1v) is 8.82. The zero-order valence-electron chi connectivity index (χ0n) is 16.0. The number of hydrogen-bond acceptors (Lipinski definition) is 4. The van der Waals surface area contributed by atoms with Crippen LogP contribution in [0.3, 0.4) is 0 Å². The van der Waals surface area contributed by atoms with Crippen molar-refractivity contribution in [2.24, 2.45) is 5.92 Å². The molecule has 6 nitrogen and oxygen atoms in total. The van der Waals surface area contributed by atoms with Gasteiger partial charge in [0.25, 0.3) is 5.91 Å². The largest absolute Gasteiger partial charge is 0.382 e. The molecule has 2 N–H and O–H groups in total. The Hall–Kier alpha value is -2.08. The van der Waals surface area contributed by atoms with Gasteiger partial charge in [0.15, 0.2) is 0 Å². The van der Waals surface area contributed by atoms with Gasteiger partial charge < -0.3 is 20.3 Å². The summed E-state index contributed by atoms with van der Waals surface area (Å²) in [5.74, 6) is 0.0880. The Kier molecular flexibility index (Phi) is 8.99. The van der Waals surface area contributed by atoms with Gasteiger partial charge >= 0.3 is 0 Å². The third-order valence-electron chi connectivity index (χ3n) is 3.56. The molecule has 0 unspecified atom stereocenters. The van der Waals surface area contributed by atoms with Crippen LogP contribution in [-0.4, -0.2) is 45.7 Å². The maximum Gasteiger partial charge on any atom is 0.253 e. The van der Waals surface area contributed by atoms with Gasteiger partial charge in [-0.05, 0) is 37.5 Å². The molecule has 0 aromatic heterocycles. The Morgan fingerprint density at radius 1 is 1.24 bits per heavy atom. The second-order valence-electron chi connectivity index (χ2n) is 6.58. The highest BCUT2D eigenvalue weighted by atomic mass is 16.5. The van der Waals surface area contributed by atoms with Crippen molar-refractivity contribution in [3.8, 4) is 0 Å². The molecule has 140 valence electrons.